The maximum Gasteiger partial charge on any atom is 0.234 e. The molecule has 0 bridgehead atoms. The second-order valence-electron chi connectivity index (χ2n) is 9.54. The third-order valence-electron chi connectivity index (χ3n) is 6.01. The van der Waals surface area contributed by atoms with E-state index in [2.05, 4.69) is 48.9 Å². The first-order valence-corrected chi connectivity index (χ1v) is 11.7. The molecule has 0 unspecified atom stereocenters. The van der Waals surface area contributed by atoms with Crippen molar-refractivity contribution in [1.29, 1.82) is 0 Å². The van der Waals surface area contributed by atoms with Crippen LogP contribution in [0.5, 0.6) is 5.75 Å². The number of fused-ring (bicyclic) bond motifs is 1. The van der Waals surface area contributed by atoms with Crippen LogP contribution in [0.2, 0.25) is 5.15 Å². The second-order valence-corrected chi connectivity index (χ2v) is 9.93. The Labute approximate surface area is 211 Å². The number of benzene rings is 1. The van der Waals surface area contributed by atoms with Crippen molar-refractivity contribution in [1.82, 2.24) is 24.8 Å². The van der Waals surface area contributed by atoms with E-state index in [9.17, 15) is 0 Å². The summed E-state index contributed by atoms with van der Waals surface area (Å²) in [5.41, 5.74) is 10.2. The van der Waals surface area contributed by atoms with Gasteiger partial charge in [0.1, 0.15) is 17.2 Å². The predicted molar refractivity (Wildman–Crippen MR) is 142 cm³/mol. The number of pyridine rings is 1. The molecule has 1 aromatic carbocycles. The first-order chi connectivity index (χ1) is 16.6. The smallest absolute Gasteiger partial charge is 0.234 e. The van der Waals surface area contributed by atoms with Gasteiger partial charge in [0.2, 0.25) is 11.9 Å². The predicted octanol–water partition coefficient (Wildman–Crippen LogP) is 3.68. The Morgan fingerprint density at radius 2 is 1.91 bits per heavy atom. The van der Waals surface area contributed by atoms with E-state index >= 15 is 0 Å². The van der Waals surface area contributed by atoms with Crippen LogP contribution in [0, 0.1) is 0 Å². The van der Waals surface area contributed by atoms with Gasteiger partial charge in [-0.3, -0.25) is 0 Å². The Kier molecular flexibility index (Phi) is 6.86. The van der Waals surface area contributed by atoms with Crippen LogP contribution >= 0.6 is 11.6 Å². The zero-order valence-electron chi connectivity index (χ0n) is 21.0. The van der Waals surface area contributed by atoms with Crippen molar-refractivity contribution in [3.63, 3.8) is 0 Å². The number of anilines is 6. The zero-order valence-corrected chi connectivity index (χ0v) is 21.8. The lowest BCUT2D eigenvalue weighted by Gasteiger charge is -2.24. The van der Waals surface area contributed by atoms with E-state index in [4.69, 9.17) is 22.1 Å². The van der Waals surface area contributed by atoms with Gasteiger partial charge in [0.05, 0.1) is 35.6 Å². The molecule has 186 valence electrons. The van der Waals surface area contributed by atoms with Crippen LogP contribution in [0.3, 0.4) is 0 Å². The molecule has 3 aromatic rings. The quantitative estimate of drug-likeness (QED) is 0.353. The SMILES string of the molecule is COc1cc(N(C)CCN(C)C)c(N)cc1Nc1ncnc(N2CC(C)(C)c3nc(Cl)ccc32)n1. The van der Waals surface area contributed by atoms with Crippen molar-refractivity contribution >= 4 is 46.2 Å². The molecule has 3 N–H and O–H groups in total. The molecular weight excluding hydrogens is 466 g/mol. The second kappa shape index (κ2) is 9.71. The van der Waals surface area contributed by atoms with E-state index in [0.717, 1.165) is 30.2 Å². The number of nitrogens with two attached hydrogens (primary N) is 1. The lowest BCUT2D eigenvalue weighted by Crippen LogP contribution is -2.29. The maximum absolute atomic E-state index is 6.40. The molecule has 0 amide bonds. The summed E-state index contributed by atoms with van der Waals surface area (Å²) in [6.45, 7) is 6.66. The molecule has 0 saturated heterocycles. The zero-order chi connectivity index (χ0) is 25.3. The lowest BCUT2D eigenvalue weighted by atomic mass is 9.91. The molecule has 11 heteroatoms. The molecule has 0 radical (unpaired) electrons. The number of hydrogen-bond donors (Lipinski definition) is 2. The first kappa shape index (κ1) is 24.7. The van der Waals surface area contributed by atoms with Gasteiger partial charge in [-0.25, -0.2) is 15.0 Å². The van der Waals surface area contributed by atoms with E-state index < -0.39 is 0 Å². The topological polar surface area (TPSA) is 109 Å². The van der Waals surface area contributed by atoms with Crippen molar-refractivity contribution in [2.45, 2.75) is 19.3 Å². The van der Waals surface area contributed by atoms with E-state index in [1.54, 1.807) is 13.2 Å². The largest absolute Gasteiger partial charge is 0.494 e. The Morgan fingerprint density at radius 3 is 2.63 bits per heavy atom. The van der Waals surface area contributed by atoms with Crippen LogP contribution in [0.1, 0.15) is 19.5 Å². The molecule has 1 aliphatic heterocycles. The van der Waals surface area contributed by atoms with Crippen molar-refractivity contribution in [3.05, 3.63) is 41.4 Å². The number of likely N-dealkylation sites (N-methyl/N-ethyl adjacent to an activating group) is 2. The van der Waals surface area contributed by atoms with Gasteiger partial charge in [0, 0.05) is 38.2 Å². The summed E-state index contributed by atoms with van der Waals surface area (Å²) < 4.78 is 5.65. The minimum atomic E-state index is -0.202. The average Bonchev–Trinajstić information content (AvgIpc) is 3.08. The molecule has 35 heavy (non-hydrogen) atoms. The van der Waals surface area contributed by atoms with Gasteiger partial charge in [0.15, 0.2) is 0 Å². The number of aromatic nitrogens is 4. The van der Waals surface area contributed by atoms with Gasteiger partial charge >= 0.3 is 0 Å². The summed E-state index contributed by atoms with van der Waals surface area (Å²) in [4.78, 5) is 24.2. The third kappa shape index (κ3) is 5.18. The van der Waals surface area contributed by atoms with Gasteiger partial charge in [-0.15, -0.1) is 0 Å². The highest BCUT2D eigenvalue weighted by Gasteiger charge is 2.38. The minimum absolute atomic E-state index is 0.202. The number of methoxy groups -OCH3 is 1. The fourth-order valence-corrected chi connectivity index (χ4v) is 4.28. The van der Waals surface area contributed by atoms with Crippen molar-refractivity contribution in [2.24, 2.45) is 0 Å². The maximum atomic E-state index is 6.40. The van der Waals surface area contributed by atoms with Crippen LogP contribution in [0.4, 0.5) is 34.6 Å². The molecule has 3 heterocycles. The molecule has 0 saturated carbocycles. The number of hydrogen-bond acceptors (Lipinski definition) is 10. The molecule has 1 aliphatic rings. The number of ether oxygens (including phenoxy) is 1. The summed E-state index contributed by atoms with van der Waals surface area (Å²) in [7, 11) is 7.72. The van der Waals surface area contributed by atoms with Gasteiger partial charge in [-0.2, -0.15) is 4.98 Å². The summed E-state index contributed by atoms with van der Waals surface area (Å²) >= 11 is 6.16. The Bertz CT molecular complexity index is 1220. The molecule has 0 atom stereocenters. The van der Waals surface area contributed by atoms with Crippen LogP contribution in [0.25, 0.3) is 0 Å². The number of nitrogens with zero attached hydrogens (tertiary/aromatic N) is 7. The summed E-state index contributed by atoms with van der Waals surface area (Å²) in [5.74, 6) is 1.54. The van der Waals surface area contributed by atoms with Crippen LogP contribution in [-0.2, 0) is 5.41 Å². The third-order valence-corrected chi connectivity index (χ3v) is 6.23. The monoisotopic (exact) mass is 497 g/mol. The van der Waals surface area contributed by atoms with E-state index in [0.29, 0.717) is 40.7 Å². The molecule has 0 spiro atoms. The Balaban J connectivity index is 1.61. The normalized spacial score (nSPS) is 14.2. The van der Waals surface area contributed by atoms with E-state index in [-0.39, 0.29) is 5.41 Å². The minimum Gasteiger partial charge on any atom is -0.494 e. The lowest BCUT2D eigenvalue weighted by molar-refractivity contribution is 0.413. The van der Waals surface area contributed by atoms with E-state index in [1.807, 2.05) is 44.2 Å². The highest BCUT2D eigenvalue weighted by Crippen LogP contribution is 2.43. The van der Waals surface area contributed by atoms with Gasteiger partial charge in [0.25, 0.3) is 0 Å². The van der Waals surface area contributed by atoms with E-state index in [1.165, 1.54) is 6.33 Å². The molecule has 10 nitrogen and oxygen atoms in total. The van der Waals surface area contributed by atoms with Crippen LogP contribution in [-0.4, -0.2) is 72.7 Å². The highest BCUT2D eigenvalue weighted by molar-refractivity contribution is 6.29. The molecule has 0 fully saturated rings. The van der Waals surface area contributed by atoms with Gasteiger partial charge < -0.3 is 30.5 Å². The molecule has 0 aliphatic carbocycles. The fraction of sp³-hybridized carbons (Fsp3) is 0.417. The van der Waals surface area contributed by atoms with Crippen LogP contribution < -0.4 is 25.6 Å². The summed E-state index contributed by atoms with van der Waals surface area (Å²) in [6, 6.07) is 7.49. The highest BCUT2D eigenvalue weighted by atomic mass is 35.5. The fourth-order valence-electron chi connectivity index (χ4n) is 4.13. The van der Waals surface area contributed by atoms with Crippen LogP contribution in [0.15, 0.2) is 30.6 Å². The standard InChI is InChI=1S/C24H32ClN9O/c1-24(2)13-34(17-7-8-20(25)30-21(17)24)23-28-14-27-22(31-23)29-16-11-15(26)18(12-19(16)35-6)33(5)10-9-32(3)4/h7-8,11-12,14H,9-10,13,26H2,1-6H3,(H,27,28,29,31). The number of nitrogen functional groups attached to an aromatic ring is 1. The Hall–Kier alpha value is -3.37. The van der Waals surface area contributed by atoms with Gasteiger partial charge in [-0.1, -0.05) is 25.4 Å². The number of halogens is 1. The average molecular weight is 498 g/mol. The summed E-state index contributed by atoms with van der Waals surface area (Å²) in [5, 5.41) is 3.71. The molecule has 4 rings (SSSR count). The summed E-state index contributed by atoms with van der Waals surface area (Å²) in [6.07, 6.45) is 1.48. The molecular formula is C24H32ClN9O. The Morgan fingerprint density at radius 1 is 1.14 bits per heavy atom. The molecule has 2 aromatic heterocycles. The van der Waals surface area contributed by atoms with Crippen molar-refractivity contribution < 1.29 is 4.74 Å². The van der Waals surface area contributed by atoms with Crippen molar-refractivity contribution in [2.75, 3.05) is 68.7 Å². The van der Waals surface area contributed by atoms with Gasteiger partial charge in [-0.05, 0) is 32.3 Å². The first-order valence-electron chi connectivity index (χ1n) is 11.3. The van der Waals surface area contributed by atoms with Crippen molar-refractivity contribution in [3.8, 4) is 5.75 Å². The number of rotatable bonds is 8. The number of nitrogens with one attached hydrogen (secondary N) is 1.